The standard InChI is InChI=1S/C14H18F3N3O2/c15-14(16,17)22-12-3-1-2-11(8-12)20-7-5-10(9-20)19-13(21)4-6-18/h1-3,8,10H,4-7,9,18H2,(H,19,21). The van der Waals surface area contributed by atoms with Crippen molar-refractivity contribution < 1.29 is 22.7 Å². The Kier molecular flexibility index (Phi) is 5.12. The normalized spacial score (nSPS) is 18.4. The Hall–Kier alpha value is -1.96. The lowest BCUT2D eigenvalue weighted by Gasteiger charge is -2.20. The molecule has 5 nitrogen and oxygen atoms in total. The van der Waals surface area contributed by atoms with Gasteiger partial charge in [-0.2, -0.15) is 0 Å². The SMILES string of the molecule is NCCC(=O)NC1CCN(c2cccc(OC(F)(F)F)c2)C1. The number of hydrogen-bond acceptors (Lipinski definition) is 4. The first-order valence-corrected chi connectivity index (χ1v) is 6.97. The van der Waals surface area contributed by atoms with Crippen LogP contribution >= 0.6 is 0 Å². The first-order valence-electron chi connectivity index (χ1n) is 6.97. The van der Waals surface area contributed by atoms with Crippen LogP contribution in [0.5, 0.6) is 5.75 Å². The molecule has 0 radical (unpaired) electrons. The van der Waals surface area contributed by atoms with Crippen LogP contribution in [-0.2, 0) is 4.79 Å². The predicted octanol–water partition coefficient (Wildman–Crippen LogP) is 1.63. The van der Waals surface area contributed by atoms with Crippen molar-refractivity contribution >= 4 is 11.6 Å². The summed E-state index contributed by atoms with van der Waals surface area (Å²) in [5.41, 5.74) is 5.95. The lowest BCUT2D eigenvalue weighted by Crippen LogP contribution is -2.37. The third-order valence-corrected chi connectivity index (χ3v) is 3.34. The Balaban J connectivity index is 1.96. The summed E-state index contributed by atoms with van der Waals surface area (Å²) < 4.78 is 40.6. The van der Waals surface area contributed by atoms with Crippen molar-refractivity contribution in [2.45, 2.75) is 25.2 Å². The number of nitrogens with zero attached hydrogens (tertiary/aromatic N) is 1. The van der Waals surface area contributed by atoms with Gasteiger partial charge in [-0.15, -0.1) is 13.2 Å². The number of ether oxygens (including phenoxy) is 1. The molecule has 122 valence electrons. The summed E-state index contributed by atoms with van der Waals surface area (Å²) in [7, 11) is 0. The predicted molar refractivity (Wildman–Crippen MR) is 75.6 cm³/mol. The van der Waals surface area contributed by atoms with E-state index in [1.54, 1.807) is 6.07 Å². The van der Waals surface area contributed by atoms with Crippen molar-refractivity contribution in [3.8, 4) is 5.75 Å². The molecule has 1 aromatic carbocycles. The van der Waals surface area contributed by atoms with Gasteiger partial charge in [0.2, 0.25) is 5.91 Å². The van der Waals surface area contributed by atoms with Gasteiger partial charge in [-0.05, 0) is 18.6 Å². The summed E-state index contributed by atoms with van der Waals surface area (Å²) in [5.74, 6) is -0.357. The third kappa shape index (κ3) is 4.80. The Bertz CT molecular complexity index is 522. The zero-order chi connectivity index (χ0) is 16.2. The van der Waals surface area contributed by atoms with Crippen LogP contribution in [-0.4, -0.2) is 37.9 Å². The molecule has 0 spiro atoms. The van der Waals surface area contributed by atoms with Gasteiger partial charge in [0.1, 0.15) is 5.75 Å². The number of rotatable bonds is 5. The second kappa shape index (κ2) is 6.87. The van der Waals surface area contributed by atoms with Gasteiger partial charge in [0.05, 0.1) is 0 Å². The molecule has 1 heterocycles. The van der Waals surface area contributed by atoms with E-state index in [1.165, 1.54) is 18.2 Å². The topological polar surface area (TPSA) is 67.6 Å². The van der Waals surface area contributed by atoms with Crippen molar-refractivity contribution in [2.75, 3.05) is 24.5 Å². The van der Waals surface area contributed by atoms with E-state index in [1.807, 2.05) is 4.90 Å². The Morgan fingerprint density at radius 2 is 2.23 bits per heavy atom. The van der Waals surface area contributed by atoms with Crippen LogP contribution in [0.15, 0.2) is 24.3 Å². The minimum Gasteiger partial charge on any atom is -0.406 e. The molecule has 1 aliphatic rings. The van der Waals surface area contributed by atoms with Crippen LogP contribution in [0.25, 0.3) is 0 Å². The van der Waals surface area contributed by atoms with Crippen LogP contribution in [0, 0.1) is 0 Å². The van der Waals surface area contributed by atoms with Crippen LogP contribution < -0.4 is 20.7 Å². The van der Waals surface area contributed by atoms with Gasteiger partial charge in [-0.1, -0.05) is 6.07 Å². The number of nitrogens with one attached hydrogen (secondary N) is 1. The first-order chi connectivity index (χ1) is 10.4. The fourth-order valence-corrected chi connectivity index (χ4v) is 2.42. The maximum Gasteiger partial charge on any atom is 0.573 e. The molecule has 1 aliphatic heterocycles. The van der Waals surface area contributed by atoms with Gasteiger partial charge < -0.3 is 20.7 Å². The van der Waals surface area contributed by atoms with Gasteiger partial charge in [-0.3, -0.25) is 4.79 Å². The van der Waals surface area contributed by atoms with E-state index >= 15 is 0 Å². The van der Waals surface area contributed by atoms with E-state index in [2.05, 4.69) is 10.1 Å². The van der Waals surface area contributed by atoms with E-state index in [9.17, 15) is 18.0 Å². The maximum absolute atomic E-state index is 12.2. The number of anilines is 1. The molecule has 3 N–H and O–H groups in total. The molecule has 0 saturated carbocycles. The minimum atomic E-state index is -4.71. The zero-order valence-electron chi connectivity index (χ0n) is 11.9. The average molecular weight is 317 g/mol. The lowest BCUT2D eigenvalue weighted by molar-refractivity contribution is -0.274. The second-order valence-electron chi connectivity index (χ2n) is 5.08. The Morgan fingerprint density at radius 3 is 2.91 bits per heavy atom. The van der Waals surface area contributed by atoms with E-state index in [0.717, 1.165) is 6.42 Å². The van der Waals surface area contributed by atoms with Crippen molar-refractivity contribution in [3.63, 3.8) is 0 Å². The van der Waals surface area contributed by atoms with Gasteiger partial charge in [0.25, 0.3) is 0 Å². The first kappa shape index (κ1) is 16.4. The molecule has 0 bridgehead atoms. The molecule has 1 atom stereocenters. The molecule has 1 fully saturated rings. The molecule has 1 amide bonds. The molecule has 0 aromatic heterocycles. The maximum atomic E-state index is 12.2. The van der Waals surface area contributed by atoms with E-state index in [-0.39, 0.29) is 24.1 Å². The molecule has 1 unspecified atom stereocenters. The minimum absolute atomic E-state index is 0.0220. The largest absolute Gasteiger partial charge is 0.573 e. The number of nitrogens with two attached hydrogens (primary N) is 1. The van der Waals surface area contributed by atoms with Gasteiger partial charge in [-0.25, -0.2) is 0 Å². The van der Waals surface area contributed by atoms with Crippen LogP contribution in [0.3, 0.4) is 0 Å². The molecule has 2 rings (SSSR count). The van der Waals surface area contributed by atoms with E-state index in [0.29, 0.717) is 25.3 Å². The summed E-state index contributed by atoms with van der Waals surface area (Å²) >= 11 is 0. The lowest BCUT2D eigenvalue weighted by atomic mass is 10.2. The summed E-state index contributed by atoms with van der Waals surface area (Å²) in [6.07, 6.45) is -3.70. The van der Waals surface area contributed by atoms with E-state index in [4.69, 9.17) is 5.73 Å². The summed E-state index contributed by atoms with van der Waals surface area (Å²) in [5, 5.41) is 2.86. The number of carbonyl (C=O) groups is 1. The van der Waals surface area contributed by atoms with Crippen molar-refractivity contribution in [2.24, 2.45) is 5.73 Å². The van der Waals surface area contributed by atoms with Gasteiger partial charge >= 0.3 is 6.36 Å². The molecule has 8 heteroatoms. The highest BCUT2D eigenvalue weighted by molar-refractivity contribution is 5.76. The fourth-order valence-electron chi connectivity index (χ4n) is 2.42. The number of alkyl halides is 3. The summed E-state index contributed by atoms with van der Waals surface area (Å²) in [6, 6.07) is 5.81. The highest BCUT2D eigenvalue weighted by Crippen LogP contribution is 2.28. The quantitative estimate of drug-likeness (QED) is 0.866. The third-order valence-electron chi connectivity index (χ3n) is 3.34. The summed E-state index contributed by atoms with van der Waals surface area (Å²) in [6.45, 7) is 1.49. The molecule has 0 aliphatic carbocycles. The number of amides is 1. The number of hydrogen-bond donors (Lipinski definition) is 2. The van der Waals surface area contributed by atoms with Crippen LogP contribution in [0.4, 0.5) is 18.9 Å². The Morgan fingerprint density at radius 1 is 1.45 bits per heavy atom. The average Bonchev–Trinajstić information content (AvgIpc) is 2.85. The van der Waals surface area contributed by atoms with Crippen LogP contribution in [0.2, 0.25) is 0 Å². The zero-order valence-corrected chi connectivity index (χ0v) is 11.9. The molecule has 1 saturated heterocycles. The highest BCUT2D eigenvalue weighted by atomic mass is 19.4. The number of benzene rings is 1. The van der Waals surface area contributed by atoms with Crippen LogP contribution in [0.1, 0.15) is 12.8 Å². The Labute approximate surface area is 126 Å². The van der Waals surface area contributed by atoms with Crippen molar-refractivity contribution in [1.29, 1.82) is 0 Å². The number of carbonyl (C=O) groups excluding carboxylic acids is 1. The van der Waals surface area contributed by atoms with Crippen molar-refractivity contribution in [1.82, 2.24) is 5.32 Å². The molecule has 22 heavy (non-hydrogen) atoms. The molecular weight excluding hydrogens is 299 g/mol. The smallest absolute Gasteiger partial charge is 0.406 e. The monoisotopic (exact) mass is 317 g/mol. The highest BCUT2D eigenvalue weighted by Gasteiger charge is 2.31. The van der Waals surface area contributed by atoms with Crippen molar-refractivity contribution in [3.05, 3.63) is 24.3 Å². The van der Waals surface area contributed by atoms with Gasteiger partial charge in [0, 0.05) is 43.9 Å². The summed E-state index contributed by atoms with van der Waals surface area (Å²) in [4.78, 5) is 13.4. The number of halogens is 3. The second-order valence-corrected chi connectivity index (χ2v) is 5.08. The molecule has 1 aromatic rings. The molecular formula is C14H18F3N3O2. The van der Waals surface area contributed by atoms with Gasteiger partial charge in [0.15, 0.2) is 0 Å². The van der Waals surface area contributed by atoms with E-state index < -0.39 is 6.36 Å². The fraction of sp³-hybridized carbons (Fsp3) is 0.500.